The molecule has 0 saturated carbocycles. The predicted molar refractivity (Wildman–Crippen MR) is 88.7 cm³/mol. The maximum absolute atomic E-state index is 11.4. The van der Waals surface area contributed by atoms with Crippen molar-refractivity contribution in [2.75, 3.05) is 0 Å². The topological polar surface area (TPSA) is 46.5 Å². The monoisotopic (exact) mass is 378 g/mol. The van der Waals surface area contributed by atoms with Crippen LogP contribution in [0.1, 0.15) is 5.56 Å². The van der Waals surface area contributed by atoms with Gasteiger partial charge in [0.2, 0.25) is 0 Å². The molecule has 2 rings (SSSR count). The number of rotatable bonds is 5. The fourth-order valence-corrected chi connectivity index (χ4v) is 2.38. The van der Waals surface area contributed by atoms with E-state index < -0.39 is 12.1 Å². The van der Waals surface area contributed by atoms with Gasteiger partial charge in [0.15, 0.2) is 6.10 Å². The van der Waals surface area contributed by atoms with Gasteiger partial charge in [-0.25, -0.2) is 4.79 Å². The maximum Gasteiger partial charge on any atom is 0.345 e. The minimum atomic E-state index is -1.10. The van der Waals surface area contributed by atoms with E-state index in [1.165, 1.54) is 12.1 Å². The Morgan fingerprint density at radius 1 is 0.955 bits per heavy atom. The van der Waals surface area contributed by atoms with Crippen LogP contribution in [0, 0.1) is 0 Å². The van der Waals surface area contributed by atoms with E-state index in [-0.39, 0.29) is 11.4 Å². The fourth-order valence-electron chi connectivity index (χ4n) is 1.77. The molecule has 1 unspecified atom stereocenters. The molecule has 1 N–H and O–H groups in total. The van der Waals surface area contributed by atoms with Crippen molar-refractivity contribution in [3.05, 3.63) is 62.1 Å². The van der Waals surface area contributed by atoms with Crippen LogP contribution in [-0.4, -0.2) is 17.2 Å². The van der Waals surface area contributed by atoms with Crippen LogP contribution in [0.15, 0.2) is 36.4 Å². The lowest BCUT2D eigenvalue weighted by molar-refractivity contribution is -0.145. The zero-order valence-corrected chi connectivity index (χ0v) is 14.0. The van der Waals surface area contributed by atoms with Gasteiger partial charge in [-0.15, -0.1) is 0 Å². The summed E-state index contributed by atoms with van der Waals surface area (Å²) in [5.74, 6) is -0.779. The Balaban J connectivity index is 2.17. The van der Waals surface area contributed by atoms with Gasteiger partial charge < -0.3 is 9.84 Å². The van der Waals surface area contributed by atoms with Crippen molar-refractivity contribution in [1.29, 1.82) is 0 Å². The number of benzene rings is 2. The molecule has 0 spiro atoms. The number of hydrogen-bond acceptors (Lipinski definition) is 2. The molecule has 0 aliphatic carbocycles. The van der Waals surface area contributed by atoms with Gasteiger partial charge in [-0.3, -0.25) is 0 Å². The summed E-state index contributed by atoms with van der Waals surface area (Å²) in [7, 11) is 0. The zero-order chi connectivity index (χ0) is 16.3. The van der Waals surface area contributed by atoms with Gasteiger partial charge >= 0.3 is 5.97 Å². The SMILES string of the molecule is O=C(O)C(Cc1ccc(Cl)c(Cl)c1)Oc1ccc(Cl)c(Cl)c1. The molecule has 3 nitrogen and oxygen atoms in total. The van der Waals surface area contributed by atoms with E-state index >= 15 is 0 Å². The van der Waals surface area contributed by atoms with Crippen molar-refractivity contribution in [2.45, 2.75) is 12.5 Å². The first-order chi connectivity index (χ1) is 10.4. The molecule has 2 aromatic rings. The quantitative estimate of drug-likeness (QED) is 0.758. The van der Waals surface area contributed by atoms with Gasteiger partial charge in [0.1, 0.15) is 5.75 Å². The Morgan fingerprint density at radius 3 is 2.09 bits per heavy atom. The molecule has 0 aromatic heterocycles. The molecule has 1 atom stereocenters. The van der Waals surface area contributed by atoms with Gasteiger partial charge in [0.25, 0.3) is 0 Å². The average Bonchev–Trinajstić information content (AvgIpc) is 2.46. The standard InChI is InChI=1S/C15H10Cl4O3/c16-10-3-1-8(5-12(10)18)6-14(15(20)21)22-9-2-4-11(17)13(19)7-9/h1-5,7,14H,6H2,(H,20,21). The zero-order valence-electron chi connectivity index (χ0n) is 11.0. The van der Waals surface area contributed by atoms with Crippen LogP contribution in [0.4, 0.5) is 0 Å². The van der Waals surface area contributed by atoms with Crippen molar-refractivity contribution < 1.29 is 14.6 Å². The molecule has 116 valence electrons. The predicted octanol–water partition coefficient (Wildman–Crippen LogP) is 5.37. The summed E-state index contributed by atoms with van der Waals surface area (Å²) in [5, 5.41) is 10.7. The average molecular weight is 380 g/mol. The van der Waals surface area contributed by atoms with E-state index in [1.54, 1.807) is 24.3 Å². The van der Waals surface area contributed by atoms with Crippen LogP contribution in [0.2, 0.25) is 20.1 Å². The van der Waals surface area contributed by atoms with Crippen molar-refractivity contribution >= 4 is 52.4 Å². The van der Waals surface area contributed by atoms with Crippen molar-refractivity contribution in [3.63, 3.8) is 0 Å². The molecular formula is C15H10Cl4O3. The Kier molecular flexibility index (Phi) is 5.81. The van der Waals surface area contributed by atoms with Gasteiger partial charge in [-0.2, -0.15) is 0 Å². The Morgan fingerprint density at radius 2 is 1.55 bits per heavy atom. The third-order valence-electron chi connectivity index (χ3n) is 2.85. The van der Waals surface area contributed by atoms with Crippen LogP contribution in [-0.2, 0) is 11.2 Å². The highest BCUT2D eigenvalue weighted by Crippen LogP contribution is 2.28. The largest absolute Gasteiger partial charge is 0.478 e. The molecule has 0 fully saturated rings. The van der Waals surface area contributed by atoms with E-state index in [1.807, 2.05) is 0 Å². The lowest BCUT2D eigenvalue weighted by Crippen LogP contribution is -2.29. The van der Waals surface area contributed by atoms with E-state index in [4.69, 9.17) is 51.1 Å². The van der Waals surface area contributed by atoms with E-state index in [0.29, 0.717) is 26.4 Å². The number of carbonyl (C=O) groups is 1. The van der Waals surface area contributed by atoms with Crippen LogP contribution in [0.25, 0.3) is 0 Å². The van der Waals surface area contributed by atoms with Crippen molar-refractivity contribution in [2.24, 2.45) is 0 Å². The van der Waals surface area contributed by atoms with Gasteiger partial charge in [-0.05, 0) is 29.8 Å². The first-order valence-electron chi connectivity index (χ1n) is 6.15. The van der Waals surface area contributed by atoms with Crippen LogP contribution >= 0.6 is 46.4 Å². The third kappa shape index (κ3) is 4.43. The van der Waals surface area contributed by atoms with Gasteiger partial charge in [0, 0.05) is 12.5 Å². The summed E-state index contributed by atoms with van der Waals surface area (Å²) >= 11 is 23.5. The second kappa shape index (κ2) is 7.42. The minimum Gasteiger partial charge on any atom is -0.478 e. The highest BCUT2D eigenvalue weighted by Gasteiger charge is 2.21. The molecule has 0 radical (unpaired) electrons. The minimum absolute atomic E-state index is 0.131. The molecule has 0 saturated heterocycles. The molecule has 0 heterocycles. The number of aliphatic carboxylic acids is 1. The molecule has 0 amide bonds. The Labute approximate surface area is 147 Å². The summed E-state index contributed by atoms with van der Waals surface area (Å²) in [6, 6.07) is 9.47. The summed E-state index contributed by atoms with van der Waals surface area (Å²) in [5.41, 5.74) is 0.696. The highest BCUT2D eigenvalue weighted by atomic mass is 35.5. The van der Waals surface area contributed by atoms with E-state index in [9.17, 15) is 9.90 Å². The summed E-state index contributed by atoms with van der Waals surface area (Å²) < 4.78 is 5.47. The first-order valence-corrected chi connectivity index (χ1v) is 7.66. The third-order valence-corrected chi connectivity index (χ3v) is 4.33. The summed E-state index contributed by atoms with van der Waals surface area (Å²) in [4.78, 5) is 11.4. The van der Waals surface area contributed by atoms with Gasteiger partial charge in [0.05, 0.1) is 20.1 Å². The number of halogens is 4. The maximum atomic E-state index is 11.4. The second-order valence-corrected chi connectivity index (χ2v) is 6.10. The molecule has 2 aromatic carbocycles. The molecule has 0 bridgehead atoms. The van der Waals surface area contributed by atoms with E-state index in [2.05, 4.69) is 0 Å². The normalized spacial score (nSPS) is 12.0. The lowest BCUT2D eigenvalue weighted by Gasteiger charge is -2.16. The fraction of sp³-hybridized carbons (Fsp3) is 0.133. The number of carboxylic acid groups (broad SMARTS) is 1. The number of ether oxygens (including phenoxy) is 1. The Hall–Kier alpha value is -1.13. The molecule has 22 heavy (non-hydrogen) atoms. The van der Waals surface area contributed by atoms with Crippen molar-refractivity contribution in [1.82, 2.24) is 0 Å². The van der Waals surface area contributed by atoms with Crippen LogP contribution in [0.3, 0.4) is 0 Å². The molecule has 0 aliphatic rings. The summed E-state index contributed by atoms with van der Waals surface area (Å²) in [6.45, 7) is 0. The molecule has 7 heteroatoms. The number of hydrogen-bond donors (Lipinski definition) is 1. The smallest absolute Gasteiger partial charge is 0.345 e. The second-order valence-electron chi connectivity index (χ2n) is 4.47. The van der Waals surface area contributed by atoms with Crippen LogP contribution < -0.4 is 4.74 Å². The Bertz CT molecular complexity index is 650. The van der Waals surface area contributed by atoms with Crippen molar-refractivity contribution in [3.8, 4) is 5.75 Å². The molecule has 0 aliphatic heterocycles. The first kappa shape index (κ1) is 17.2. The molecular weight excluding hydrogens is 370 g/mol. The lowest BCUT2D eigenvalue weighted by atomic mass is 10.1. The summed E-state index contributed by atoms with van der Waals surface area (Å²) in [6.07, 6.45) is -0.957. The van der Waals surface area contributed by atoms with Gasteiger partial charge in [-0.1, -0.05) is 52.5 Å². The van der Waals surface area contributed by atoms with Crippen LogP contribution in [0.5, 0.6) is 5.75 Å². The van der Waals surface area contributed by atoms with E-state index in [0.717, 1.165) is 0 Å². The number of carboxylic acids is 1. The highest BCUT2D eigenvalue weighted by molar-refractivity contribution is 6.42.